The van der Waals surface area contributed by atoms with Crippen LogP contribution in [0.5, 0.6) is 0 Å². The van der Waals surface area contributed by atoms with Crippen molar-refractivity contribution in [2.24, 2.45) is 5.92 Å². The van der Waals surface area contributed by atoms with Gasteiger partial charge in [-0.25, -0.2) is 0 Å². The Bertz CT molecular complexity index is 357. The molecule has 2 amide bonds. The third-order valence-corrected chi connectivity index (χ3v) is 3.55. The van der Waals surface area contributed by atoms with Gasteiger partial charge < -0.3 is 15.0 Å². The molecule has 0 aromatic rings. The number of carbonyl (C=O) groups is 3. The van der Waals surface area contributed by atoms with E-state index in [0.29, 0.717) is 32.5 Å². The summed E-state index contributed by atoms with van der Waals surface area (Å²) in [7, 11) is 1.38. The molecule has 20 heavy (non-hydrogen) atoms. The van der Waals surface area contributed by atoms with Gasteiger partial charge in [-0.1, -0.05) is 6.42 Å². The first-order chi connectivity index (χ1) is 9.58. The number of ether oxygens (including phenoxy) is 1. The SMILES string of the molecule is CCN1CC(C(=O)NCCCCCC(=O)OC)CC1=O. The first-order valence-corrected chi connectivity index (χ1v) is 7.20. The summed E-state index contributed by atoms with van der Waals surface area (Å²) in [6.45, 7) is 3.70. The van der Waals surface area contributed by atoms with Crippen molar-refractivity contribution in [3.05, 3.63) is 0 Å². The smallest absolute Gasteiger partial charge is 0.305 e. The lowest BCUT2D eigenvalue weighted by Gasteiger charge is -2.13. The van der Waals surface area contributed by atoms with Crippen LogP contribution < -0.4 is 5.32 Å². The van der Waals surface area contributed by atoms with Crippen LogP contribution in [0.3, 0.4) is 0 Å². The highest BCUT2D eigenvalue weighted by Crippen LogP contribution is 2.17. The highest BCUT2D eigenvalue weighted by atomic mass is 16.5. The standard InChI is InChI=1S/C14H24N2O4/c1-3-16-10-11(9-12(16)17)14(19)15-8-6-4-5-7-13(18)20-2/h11H,3-10H2,1-2H3,(H,15,19). The average molecular weight is 284 g/mol. The number of unbranched alkanes of at least 4 members (excludes halogenated alkanes) is 2. The van der Waals surface area contributed by atoms with Gasteiger partial charge in [0.1, 0.15) is 0 Å². The van der Waals surface area contributed by atoms with Gasteiger partial charge in [-0.05, 0) is 19.8 Å². The quantitative estimate of drug-likeness (QED) is 0.526. The highest BCUT2D eigenvalue weighted by molar-refractivity contribution is 5.89. The van der Waals surface area contributed by atoms with Gasteiger partial charge in [0.15, 0.2) is 0 Å². The molecule has 1 N–H and O–H groups in total. The zero-order chi connectivity index (χ0) is 15.0. The maximum Gasteiger partial charge on any atom is 0.305 e. The second-order valence-corrected chi connectivity index (χ2v) is 5.01. The number of methoxy groups -OCH3 is 1. The van der Waals surface area contributed by atoms with Crippen LogP contribution in [-0.4, -0.2) is 49.4 Å². The number of nitrogens with one attached hydrogen (secondary N) is 1. The molecule has 1 heterocycles. The van der Waals surface area contributed by atoms with Gasteiger partial charge in [0.25, 0.3) is 0 Å². The molecule has 1 saturated heterocycles. The largest absolute Gasteiger partial charge is 0.469 e. The maximum absolute atomic E-state index is 11.9. The Labute approximate surface area is 119 Å². The van der Waals surface area contributed by atoms with E-state index < -0.39 is 0 Å². The normalized spacial score (nSPS) is 18.2. The van der Waals surface area contributed by atoms with Gasteiger partial charge >= 0.3 is 5.97 Å². The van der Waals surface area contributed by atoms with Crippen molar-refractivity contribution >= 4 is 17.8 Å². The summed E-state index contributed by atoms with van der Waals surface area (Å²) in [6, 6.07) is 0. The van der Waals surface area contributed by atoms with Gasteiger partial charge in [0.05, 0.1) is 13.0 Å². The molecule has 0 radical (unpaired) electrons. The van der Waals surface area contributed by atoms with Crippen molar-refractivity contribution in [2.75, 3.05) is 26.7 Å². The molecule has 1 aliphatic heterocycles. The fourth-order valence-electron chi connectivity index (χ4n) is 2.28. The Balaban J connectivity index is 2.09. The lowest BCUT2D eigenvalue weighted by molar-refractivity contribution is -0.140. The minimum absolute atomic E-state index is 0.0396. The lowest BCUT2D eigenvalue weighted by Crippen LogP contribution is -2.33. The number of esters is 1. The zero-order valence-corrected chi connectivity index (χ0v) is 12.3. The van der Waals surface area contributed by atoms with E-state index in [2.05, 4.69) is 10.1 Å². The van der Waals surface area contributed by atoms with Crippen LogP contribution in [0.1, 0.15) is 39.0 Å². The van der Waals surface area contributed by atoms with E-state index in [0.717, 1.165) is 19.3 Å². The number of carbonyl (C=O) groups excluding carboxylic acids is 3. The molecule has 0 aliphatic carbocycles. The first-order valence-electron chi connectivity index (χ1n) is 7.20. The van der Waals surface area contributed by atoms with Crippen molar-refractivity contribution in [3.63, 3.8) is 0 Å². The second kappa shape index (κ2) is 8.55. The highest BCUT2D eigenvalue weighted by Gasteiger charge is 2.32. The fraction of sp³-hybridized carbons (Fsp3) is 0.786. The number of hydrogen-bond acceptors (Lipinski definition) is 4. The summed E-state index contributed by atoms with van der Waals surface area (Å²) < 4.78 is 4.55. The van der Waals surface area contributed by atoms with Crippen molar-refractivity contribution < 1.29 is 19.1 Å². The van der Waals surface area contributed by atoms with E-state index in [9.17, 15) is 14.4 Å². The molecular formula is C14H24N2O4. The summed E-state index contributed by atoms with van der Waals surface area (Å²) >= 11 is 0. The monoisotopic (exact) mass is 284 g/mol. The van der Waals surface area contributed by atoms with Gasteiger partial charge in [-0.3, -0.25) is 14.4 Å². The summed E-state index contributed by atoms with van der Waals surface area (Å²) in [5, 5.41) is 2.86. The molecule has 6 heteroatoms. The molecule has 1 atom stereocenters. The van der Waals surface area contributed by atoms with E-state index in [1.165, 1.54) is 7.11 Å². The fourth-order valence-corrected chi connectivity index (χ4v) is 2.28. The molecule has 0 bridgehead atoms. The Hall–Kier alpha value is -1.59. The molecule has 0 spiro atoms. The van der Waals surface area contributed by atoms with E-state index in [1.54, 1.807) is 4.90 Å². The number of hydrogen-bond donors (Lipinski definition) is 1. The molecule has 114 valence electrons. The number of likely N-dealkylation sites (tertiary alicyclic amines) is 1. The van der Waals surface area contributed by atoms with Gasteiger partial charge in [0, 0.05) is 32.5 Å². The molecule has 1 rings (SSSR count). The molecule has 0 aromatic heterocycles. The van der Waals surface area contributed by atoms with E-state index in [-0.39, 0.29) is 23.7 Å². The van der Waals surface area contributed by atoms with Crippen LogP contribution in [-0.2, 0) is 19.1 Å². The van der Waals surface area contributed by atoms with Crippen molar-refractivity contribution in [1.82, 2.24) is 10.2 Å². The van der Waals surface area contributed by atoms with Crippen LogP contribution in [0.2, 0.25) is 0 Å². The van der Waals surface area contributed by atoms with E-state index >= 15 is 0 Å². The molecule has 1 unspecified atom stereocenters. The van der Waals surface area contributed by atoms with Crippen LogP contribution in [0, 0.1) is 5.92 Å². The number of amides is 2. The number of rotatable bonds is 8. The first kappa shape index (κ1) is 16.5. The molecule has 1 fully saturated rings. The molecule has 0 aromatic carbocycles. The minimum atomic E-state index is -0.211. The van der Waals surface area contributed by atoms with Gasteiger partial charge in [-0.2, -0.15) is 0 Å². The van der Waals surface area contributed by atoms with Crippen LogP contribution in [0.4, 0.5) is 0 Å². The maximum atomic E-state index is 11.9. The van der Waals surface area contributed by atoms with Crippen molar-refractivity contribution in [3.8, 4) is 0 Å². The number of nitrogens with zero attached hydrogens (tertiary/aromatic N) is 1. The predicted octanol–water partition coefficient (Wildman–Crippen LogP) is 0.704. The summed E-state index contributed by atoms with van der Waals surface area (Å²) in [4.78, 5) is 36.0. The Morgan fingerprint density at radius 3 is 2.70 bits per heavy atom. The van der Waals surface area contributed by atoms with Gasteiger partial charge in [0.2, 0.25) is 11.8 Å². The Kier molecular flexibility index (Phi) is 7.04. The molecular weight excluding hydrogens is 260 g/mol. The molecule has 0 saturated carbocycles. The van der Waals surface area contributed by atoms with Gasteiger partial charge in [-0.15, -0.1) is 0 Å². The average Bonchev–Trinajstić information content (AvgIpc) is 2.83. The Morgan fingerprint density at radius 2 is 2.10 bits per heavy atom. The summed E-state index contributed by atoms with van der Waals surface area (Å²) in [5.74, 6) is -0.385. The van der Waals surface area contributed by atoms with Crippen LogP contribution >= 0.6 is 0 Å². The van der Waals surface area contributed by atoms with E-state index in [4.69, 9.17) is 0 Å². The molecule has 1 aliphatic rings. The van der Waals surface area contributed by atoms with Crippen molar-refractivity contribution in [1.29, 1.82) is 0 Å². The third kappa shape index (κ3) is 5.19. The third-order valence-electron chi connectivity index (χ3n) is 3.55. The van der Waals surface area contributed by atoms with Crippen LogP contribution in [0.25, 0.3) is 0 Å². The molecule has 6 nitrogen and oxygen atoms in total. The van der Waals surface area contributed by atoms with E-state index in [1.807, 2.05) is 6.92 Å². The van der Waals surface area contributed by atoms with Crippen LogP contribution in [0.15, 0.2) is 0 Å². The second-order valence-electron chi connectivity index (χ2n) is 5.01. The summed E-state index contributed by atoms with van der Waals surface area (Å²) in [5.41, 5.74) is 0. The summed E-state index contributed by atoms with van der Waals surface area (Å²) in [6.07, 6.45) is 3.23. The predicted molar refractivity (Wildman–Crippen MR) is 73.9 cm³/mol. The Morgan fingerprint density at radius 1 is 1.35 bits per heavy atom. The zero-order valence-electron chi connectivity index (χ0n) is 12.3. The van der Waals surface area contributed by atoms with Crippen molar-refractivity contribution in [2.45, 2.75) is 39.0 Å². The minimum Gasteiger partial charge on any atom is -0.469 e. The topological polar surface area (TPSA) is 75.7 Å². The lowest BCUT2D eigenvalue weighted by atomic mass is 10.1.